The molecule has 0 saturated heterocycles. The molecular formula is C17H18ClNO2. The summed E-state index contributed by atoms with van der Waals surface area (Å²) in [5.41, 5.74) is 2.82. The van der Waals surface area contributed by atoms with Gasteiger partial charge in [0.2, 0.25) is 0 Å². The Morgan fingerprint density at radius 1 is 1.10 bits per heavy atom. The van der Waals surface area contributed by atoms with Gasteiger partial charge in [-0.1, -0.05) is 35.9 Å². The van der Waals surface area contributed by atoms with E-state index in [4.69, 9.17) is 11.6 Å². The molecule has 110 valence electrons. The lowest BCUT2D eigenvalue weighted by Gasteiger charge is -2.16. The van der Waals surface area contributed by atoms with Gasteiger partial charge in [0.25, 0.3) is 0 Å². The fourth-order valence-electron chi connectivity index (χ4n) is 2.21. The normalized spacial score (nSPS) is 12.0. The summed E-state index contributed by atoms with van der Waals surface area (Å²) in [6.07, 6.45) is 0.452. The molecule has 0 spiro atoms. The fraction of sp³-hybridized carbons (Fsp3) is 0.235. The van der Waals surface area contributed by atoms with E-state index in [9.17, 15) is 9.90 Å². The maximum absolute atomic E-state index is 11.6. The molecule has 3 nitrogen and oxygen atoms in total. The zero-order chi connectivity index (χ0) is 15.4. The van der Waals surface area contributed by atoms with E-state index in [1.54, 1.807) is 12.1 Å². The largest absolute Gasteiger partial charge is 0.481 e. The van der Waals surface area contributed by atoms with Gasteiger partial charge in [-0.05, 0) is 41.8 Å². The number of hydrogen-bond donors (Lipinski definition) is 1. The topological polar surface area (TPSA) is 40.5 Å². The molecule has 0 heterocycles. The van der Waals surface area contributed by atoms with Crippen LogP contribution in [0.2, 0.25) is 5.02 Å². The molecule has 1 N–H and O–H groups in total. The number of aliphatic carboxylic acids is 1. The van der Waals surface area contributed by atoms with Gasteiger partial charge < -0.3 is 10.0 Å². The number of rotatable bonds is 5. The molecule has 4 heteroatoms. The molecule has 2 aromatic rings. The number of benzene rings is 2. The monoisotopic (exact) mass is 303 g/mol. The highest BCUT2D eigenvalue weighted by Crippen LogP contribution is 2.24. The van der Waals surface area contributed by atoms with E-state index >= 15 is 0 Å². The number of carboxylic acid groups (broad SMARTS) is 1. The highest BCUT2D eigenvalue weighted by atomic mass is 35.5. The van der Waals surface area contributed by atoms with Crippen molar-refractivity contribution in [2.24, 2.45) is 0 Å². The zero-order valence-corrected chi connectivity index (χ0v) is 12.8. The predicted molar refractivity (Wildman–Crippen MR) is 86.3 cm³/mol. The van der Waals surface area contributed by atoms with Crippen molar-refractivity contribution in [2.45, 2.75) is 12.3 Å². The van der Waals surface area contributed by atoms with Crippen molar-refractivity contribution in [3.05, 3.63) is 64.7 Å². The van der Waals surface area contributed by atoms with Gasteiger partial charge in [-0.2, -0.15) is 0 Å². The van der Waals surface area contributed by atoms with Crippen molar-refractivity contribution in [3.8, 4) is 0 Å². The third-order valence-corrected chi connectivity index (χ3v) is 3.72. The highest BCUT2D eigenvalue weighted by molar-refractivity contribution is 6.30. The summed E-state index contributed by atoms with van der Waals surface area (Å²) < 4.78 is 0. The van der Waals surface area contributed by atoms with Crippen LogP contribution in [0.4, 0.5) is 5.69 Å². The Hall–Kier alpha value is -2.00. The van der Waals surface area contributed by atoms with E-state index in [1.807, 2.05) is 55.4 Å². The van der Waals surface area contributed by atoms with E-state index in [0.717, 1.165) is 16.8 Å². The summed E-state index contributed by atoms with van der Waals surface area (Å²) in [5.74, 6) is -1.37. The first-order valence-corrected chi connectivity index (χ1v) is 7.09. The van der Waals surface area contributed by atoms with E-state index in [2.05, 4.69) is 0 Å². The third-order valence-electron chi connectivity index (χ3n) is 3.46. The van der Waals surface area contributed by atoms with Crippen LogP contribution in [0.5, 0.6) is 0 Å². The lowest BCUT2D eigenvalue weighted by molar-refractivity contribution is -0.138. The smallest absolute Gasteiger partial charge is 0.311 e. The summed E-state index contributed by atoms with van der Waals surface area (Å²) in [7, 11) is 3.91. The van der Waals surface area contributed by atoms with Crippen molar-refractivity contribution in [1.29, 1.82) is 0 Å². The van der Waals surface area contributed by atoms with Crippen molar-refractivity contribution in [2.75, 3.05) is 19.0 Å². The standard InChI is InChI=1S/C17H18ClNO2/c1-19(2)15-9-5-13(6-10-15)16(17(20)21)11-12-3-7-14(18)8-4-12/h3-10,16H,11H2,1-2H3,(H,20,21). The Balaban J connectivity index is 2.22. The maximum atomic E-state index is 11.6. The molecule has 0 aliphatic carbocycles. The van der Waals surface area contributed by atoms with Crippen LogP contribution in [0.25, 0.3) is 0 Å². The minimum absolute atomic E-state index is 0.452. The molecular weight excluding hydrogens is 286 g/mol. The van der Waals surface area contributed by atoms with Gasteiger partial charge in [0, 0.05) is 24.8 Å². The lowest BCUT2D eigenvalue weighted by Crippen LogP contribution is -2.15. The van der Waals surface area contributed by atoms with Gasteiger partial charge in [0.1, 0.15) is 0 Å². The Morgan fingerprint density at radius 3 is 2.14 bits per heavy atom. The molecule has 1 unspecified atom stereocenters. The van der Waals surface area contributed by atoms with Crippen LogP contribution in [0.1, 0.15) is 17.0 Å². The van der Waals surface area contributed by atoms with Gasteiger partial charge in [0.05, 0.1) is 5.92 Å². The number of anilines is 1. The number of halogens is 1. The first-order chi connectivity index (χ1) is 9.97. The van der Waals surface area contributed by atoms with Crippen LogP contribution in [-0.4, -0.2) is 25.2 Å². The summed E-state index contributed by atoms with van der Waals surface area (Å²) in [6.45, 7) is 0. The van der Waals surface area contributed by atoms with Gasteiger partial charge in [-0.15, -0.1) is 0 Å². The summed E-state index contributed by atoms with van der Waals surface area (Å²) >= 11 is 5.85. The Bertz CT molecular complexity index is 606. The summed E-state index contributed by atoms with van der Waals surface area (Å²) in [5, 5.41) is 10.1. The molecule has 0 saturated carbocycles. The molecule has 0 bridgehead atoms. The van der Waals surface area contributed by atoms with Crippen LogP contribution in [-0.2, 0) is 11.2 Å². The molecule has 0 amide bonds. The van der Waals surface area contributed by atoms with Gasteiger partial charge in [-0.25, -0.2) is 0 Å². The average Bonchev–Trinajstić information content (AvgIpc) is 2.46. The minimum Gasteiger partial charge on any atom is -0.481 e. The van der Waals surface area contributed by atoms with E-state index in [-0.39, 0.29) is 0 Å². The van der Waals surface area contributed by atoms with Gasteiger partial charge >= 0.3 is 5.97 Å². The Labute approximate surface area is 129 Å². The number of carboxylic acids is 1. The summed E-state index contributed by atoms with van der Waals surface area (Å²) in [6, 6.07) is 14.9. The van der Waals surface area contributed by atoms with Gasteiger partial charge in [0.15, 0.2) is 0 Å². The van der Waals surface area contributed by atoms with Crippen molar-refractivity contribution < 1.29 is 9.90 Å². The minimum atomic E-state index is -0.817. The van der Waals surface area contributed by atoms with Crippen molar-refractivity contribution in [3.63, 3.8) is 0 Å². The molecule has 0 aliphatic rings. The number of nitrogens with zero attached hydrogens (tertiary/aromatic N) is 1. The summed E-state index contributed by atoms with van der Waals surface area (Å²) in [4.78, 5) is 13.5. The van der Waals surface area contributed by atoms with Gasteiger partial charge in [-0.3, -0.25) is 4.79 Å². The van der Waals surface area contributed by atoms with Crippen molar-refractivity contribution >= 4 is 23.3 Å². The predicted octanol–water partition coefficient (Wildman–Crippen LogP) is 3.82. The third kappa shape index (κ3) is 3.99. The molecule has 2 rings (SSSR count). The van der Waals surface area contributed by atoms with Crippen LogP contribution in [0.15, 0.2) is 48.5 Å². The second-order valence-electron chi connectivity index (χ2n) is 5.21. The quantitative estimate of drug-likeness (QED) is 0.913. The van der Waals surface area contributed by atoms with Crippen LogP contribution in [0.3, 0.4) is 0 Å². The molecule has 0 aromatic heterocycles. The molecule has 1 atom stereocenters. The van der Waals surface area contributed by atoms with Crippen LogP contribution >= 0.6 is 11.6 Å². The number of carbonyl (C=O) groups is 1. The molecule has 21 heavy (non-hydrogen) atoms. The number of hydrogen-bond acceptors (Lipinski definition) is 2. The molecule has 0 aliphatic heterocycles. The highest BCUT2D eigenvalue weighted by Gasteiger charge is 2.20. The average molecular weight is 304 g/mol. The fourth-order valence-corrected chi connectivity index (χ4v) is 2.33. The van der Waals surface area contributed by atoms with Crippen molar-refractivity contribution in [1.82, 2.24) is 0 Å². The van der Waals surface area contributed by atoms with E-state index in [1.165, 1.54) is 0 Å². The maximum Gasteiger partial charge on any atom is 0.311 e. The zero-order valence-electron chi connectivity index (χ0n) is 12.1. The second-order valence-corrected chi connectivity index (χ2v) is 5.64. The SMILES string of the molecule is CN(C)c1ccc(C(Cc2ccc(Cl)cc2)C(=O)O)cc1. The Morgan fingerprint density at radius 2 is 1.67 bits per heavy atom. The second kappa shape index (κ2) is 6.64. The molecule has 0 fully saturated rings. The lowest BCUT2D eigenvalue weighted by atomic mass is 9.92. The Kier molecular flexibility index (Phi) is 4.86. The van der Waals surface area contributed by atoms with Crippen LogP contribution in [0, 0.1) is 0 Å². The first kappa shape index (κ1) is 15.4. The first-order valence-electron chi connectivity index (χ1n) is 6.72. The van der Waals surface area contributed by atoms with E-state index in [0.29, 0.717) is 11.4 Å². The van der Waals surface area contributed by atoms with E-state index < -0.39 is 11.9 Å². The molecule has 2 aromatic carbocycles. The van der Waals surface area contributed by atoms with Crippen LogP contribution < -0.4 is 4.90 Å². The molecule has 0 radical (unpaired) electrons.